The first-order valence-electron chi connectivity index (χ1n) is 6.99. The summed E-state index contributed by atoms with van der Waals surface area (Å²) in [6, 6.07) is 10.2. The van der Waals surface area contributed by atoms with Crippen LogP contribution >= 0.6 is 0 Å². The number of nitrogens with zero attached hydrogens (tertiary/aromatic N) is 1. The van der Waals surface area contributed by atoms with Crippen molar-refractivity contribution in [1.29, 1.82) is 0 Å². The minimum Gasteiger partial charge on any atom is -0.343 e. The molecule has 1 amide bonds. The lowest BCUT2D eigenvalue weighted by Crippen LogP contribution is -2.37. The summed E-state index contributed by atoms with van der Waals surface area (Å²) >= 11 is 0. The van der Waals surface area contributed by atoms with Gasteiger partial charge in [0, 0.05) is 13.1 Å². The van der Waals surface area contributed by atoms with Crippen LogP contribution in [0.4, 0.5) is 0 Å². The molecule has 1 aromatic rings. The topological polar surface area (TPSA) is 20.3 Å². The lowest BCUT2D eigenvalue weighted by atomic mass is 9.84. The molecular weight excluding hydrogens is 222 g/mol. The normalized spacial score (nSPS) is 14.0. The molecule has 0 saturated heterocycles. The second-order valence-electron chi connectivity index (χ2n) is 4.78. The molecule has 1 rings (SSSR count). The molecular formula is C16H25NO. The van der Waals surface area contributed by atoms with Gasteiger partial charge in [-0.1, -0.05) is 50.6 Å². The fourth-order valence-electron chi connectivity index (χ4n) is 2.34. The quantitative estimate of drug-likeness (QED) is 0.751. The van der Waals surface area contributed by atoms with Crippen LogP contribution in [-0.2, 0) is 4.79 Å². The summed E-state index contributed by atoms with van der Waals surface area (Å²) in [5.74, 6) is 0.636. The van der Waals surface area contributed by atoms with Gasteiger partial charge in [0.05, 0.1) is 5.92 Å². The van der Waals surface area contributed by atoms with Gasteiger partial charge < -0.3 is 4.90 Å². The summed E-state index contributed by atoms with van der Waals surface area (Å²) in [5, 5.41) is 0. The van der Waals surface area contributed by atoms with Gasteiger partial charge in [0.25, 0.3) is 0 Å². The fraction of sp³-hybridized carbons (Fsp3) is 0.562. The summed E-state index contributed by atoms with van der Waals surface area (Å²) in [4.78, 5) is 14.6. The van der Waals surface area contributed by atoms with Gasteiger partial charge in [0.15, 0.2) is 0 Å². The molecule has 0 aliphatic rings. The van der Waals surface area contributed by atoms with Gasteiger partial charge in [-0.15, -0.1) is 0 Å². The molecule has 0 spiro atoms. The molecule has 0 radical (unpaired) electrons. The highest BCUT2D eigenvalue weighted by Crippen LogP contribution is 2.28. The molecule has 0 N–H and O–H groups in total. The van der Waals surface area contributed by atoms with Crippen LogP contribution in [0.3, 0.4) is 0 Å². The zero-order valence-corrected chi connectivity index (χ0v) is 12.0. The summed E-state index contributed by atoms with van der Waals surface area (Å²) in [6.45, 7) is 9.97. The van der Waals surface area contributed by atoms with Crippen molar-refractivity contribution in [2.45, 2.75) is 40.0 Å². The maximum atomic E-state index is 12.6. The van der Waals surface area contributed by atoms with E-state index in [0.717, 1.165) is 25.1 Å². The molecule has 0 heterocycles. The van der Waals surface area contributed by atoms with Crippen molar-refractivity contribution in [2.24, 2.45) is 5.92 Å². The van der Waals surface area contributed by atoms with Crippen LogP contribution in [-0.4, -0.2) is 23.9 Å². The molecule has 100 valence electrons. The molecule has 0 bridgehead atoms. The Balaban J connectivity index is 3.03. The van der Waals surface area contributed by atoms with Crippen LogP contribution in [0.2, 0.25) is 0 Å². The molecule has 0 saturated carbocycles. The number of amides is 1. The Morgan fingerprint density at radius 2 is 1.67 bits per heavy atom. The highest BCUT2D eigenvalue weighted by atomic mass is 16.2. The molecule has 2 atom stereocenters. The van der Waals surface area contributed by atoms with E-state index in [1.165, 1.54) is 0 Å². The molecule has 0 aliphatic carbocycles. The van der Waals surface area contributed by atoms with E-state index in [-0.39, 0.29) is 11.8 Å². The van der Waals surface area contributed by atoms with Crippen molar-refractivity contribution in [1.82, 2.24) is 4.90 Å². The van der Waals surface area contributed by atoms with E-state index in [2.05, 4.69) is 26.0 Å². The number of hydrogen-bond donors (Lipinski definition) is 0. The van der Waals surface area contributed by atoms with Gasteiger partial charge in [0.2, 0.25) is 5.91 Å². The third-order valence-corrected chi connectivity index (χ3v) is 3.71. The van der Waals surface area contributed by atoms with Crippen molar-refractivity contribution in [3.05, 3.63) is 35.9 Å². The molecule has 18 heavy (non-hydrogen) atoms. The first-order chi connectivity index (χ1) is 8.65. The zero-order valence-electron chi connectivity index (χ0n) is 12.0. The van der Waals surface area contributed by atoms with Gasteiger partial charge in [-0.25, -0.2) is 0 Å². The number of benzene rings is 1. The van der Waals surface area contributed by atoms with Gasteiger partial charge in [-0.3, -0.25) is 4.79 Å². The van der Waals surface area contributed by atoms with E-state index in [4.69, 9.17) is 0 Å². The third-order valence-electron chi connectivity index (χ3n) is 3.71. The highest BCUT2D eigenvalue weighted by Gasteiger charge is 2.28. The number of hydrogen-bond acceptors (Lipinski definition) is 1. The number of rotatable bonds is 6. The van der Waals surface area contributed by atoms with Crippen molar-refractivity contribution in [3.63, 3.8) is 0 Å². The molecule has 0 aliphatic heterocycles. The highest BCUT2D eigenvalue weighted by molar-refractivity contribution is 5.84. The summed E-state index contributed by atoms with van der Waals surface area (Å²) < 4.78 is 0. The molecule has 0 unspecified atom stereocenters. The maximum Gasteiger partial charge on any atom is 0.230 e. The van der Waals surface area contributed by atoms with E-state index in [0.29, 0.717) is 5.92 Å². The van der Waals surface area contributed by atoms with E-state index in [9.17, 15) is 4.79 Å². The van der Waals surface area contributed by atoms with Crippen LogP contribution in [0, 0.1) is 5.92 Å². The lowest BCUT2D eigenvalue weighted by molar-refractivity contribution is -0.133. The first-order valence-corrected chi connectivity index (χ1v) is 6.99. The Kier molecular flexibility index (Phi) is 5.90. The van der Waals surface area contributed by atoms with Crippen molar-refractivity contribution >= 4 is 5.91 Å². The van der Waals surface area contributed by atoms with E-state index in [1.807, 2.05) is 36.9 Å². The SMILES string of the molecule is CC[C@H](C)[C@@H](C(=O)N(CC)CC)c1ccccc1. The van der Waals surface area contributed by atoms with Gasteiger partial charge in [0.1, 0.15) is 0 Å². The number of likely N-dealkylation sites (N-methyl/N-ethyl adjacent to an activating group) is 1. The smallest absolute Gasteiger partial charge is 0.230 e. The van der Waals surface area contributed by atoms with Gasteiger partial charge >= 0.3 is 0 Å². The van der Waals surface area contributed by atoms with Gasteiger partial charge in [-0.2, -0.15) is 0 Å². The minimum atomic E-state index is -0.00361. The third kappa shape index (κ3) is 3.34. The summed E-state index contributed by atoms with van der Waals surface area (Å²) in [5.41, 5.74) is 1.14. The van der Waals surface area contributed by atoms with Crippen LogP contribution in [0.25, 0.3) is 0 Å². The molecule has 2 heteroatoms. The minimum absolute atomic E-state index is 0.00361. The first kappa shape index (κ1) is 14.7. The summed E-state index contributed by atoms with van der Waals surface area (Å²) in [7, 11) is 0. The lowest BCUT2D eigenvalue weighted by Gasteiger charge is -2.29. The Morgan fingerprint density at radius 3 is 2.11 bits per heavy atom. The average Bonchev–Trinajstić information content (AvgIpc) is 2.41. The van der Waals surface area contributed by atoms with Crippen LogP contribution in [0.15, 0.2) is 30.3 Å². The van der Waals surface area contributed by atoms with E-state index < -0.39 is 0 Å². The second kappa shape index (κ2) is 7.20. The number of carbonyl (C=O) groups excluding carboxylic acids is 1. The van der Waals surface area contributed by atoms with E-state index >= 15 is 0 Å². The van der Waals surface area contributed by atoms with Crippen molar-refractivity contribution < 1.29 is 4.79 Å². The van der Waals surface area contributed by atoms with Crippen molar-refractivity contribution in [3.8, 4) is 0 Å². The molecule has 2 nitrogen and oxygen atoms in total. The van der Waals surface area contributed by atoms with E-state index in [1.54, 1.807) is 0 Å². The standard InChI is InChI=1S/C16H25NO/c1-5-13(4)15(14-11-9-8-10-12-14)16(18)17(6-2)7-3/h8-13,15H,5-7H2,1-4H3/t13-,15+/m0/s1. The predicted octanol–water partition coefficient (Wildman–Crippen LogP) is 3.68. The Labute approximate surface area is 111 Å². The average molecular weight is 247 g/mol. The molecule has 0 fully saturated rings. The van der Waals surface area contributed by atoms with Gasteiger partial charge in [-0.05, 0) is 25.3 Å². The molecule has 0 aromatic heterocycles. The molecule has 1 aromatic carbocycles. The van der Waals surface area contributed by atoms with Crippen molar-refractivity contribution in [2.75, 3.05) is 13.1 Å². The van der Waals surface area contributed by atoms with Crippen LogP contribution in [0.5, 0.6) is 0 Å². The monoisotopic (exact) mass is 247 g/mol. The number of carbonyl (C=O) groups is 1. The fourth-order valence-corrected chi connectivity index (χ4v) is 2.34. The van der Waals surface area contributed by atoms with Crippen LogP contribution < -0.4 is 0 Å². The Morgan fingerprint density at radius 1 is 1.11 bits per heavy atom. The largest absolute Gasteiger partial charge is 0.343 e. The Hall–Kier alpha value is -1.31. The second-order valence-corrected chi connectivity index (χ2v) is 4.78. The summed E-state index contributed by atoms with van der Waals surface area (Å²) in [6.07, 6.45) is 1.02. The Bertz CT molecular complexity index is 357. The maximum absolute atomic E-state index is 12.6. The zero-order chi connectivity index (χ0) is 13.5. The van der Waals surface area contributed by atoms with Crippen LogP contribution in [0.1, 0.15) is 45.6 Å². The predicted molar refractivity (Wildman–Crippen MR) is 76.6 cm³/mol.